The lowest BCUT2D eigenvalue weighted by Gasteiger charge is -2.55. The number of halogens is 2. The third-order valence-corrected chi connectivity index (χ3v) is 11.8. The number of thiophene rings is 1. The van der Waals surface area contributed by atoms with E-state index in [4.69, 9.17) is 20.4 Å². The second kappa shape index (κ2) is 12.2. The van der Waals surface area contributed by atoms with Crippen LogP contribution in [-0.2, 0) is 18.0 Å². The lowest BCUT2D eigenvalue weighted by atomic mass is 9.88. The van der Waals surface area contributed by atoms with Crippen LogP contribution >= 0.6 is 11.3 Å². The molecule has 4 bridgehead atoms. The molecule has 0 amide bonds. The van der Waals surface area contributed by atoms with Crippen molar-refractivity contribution in [2.45, 2.75) is 83.5 Å². The maximum atomic E-state index is 17.5. The molecule has 8 heterocycles. The van der Waals surface area contributed by atoms with E-state index in [1.165, 1.54) is 0 Å². The topological polar surface area (TPSA) is 131 Å². The number of rotatable bonds is 5. The normalized spacial score (nSPS) is 25.3. The van der Waals surface area contributed by atoms with E-state index in [1.54, 1.807) is 0 Å². The summed E-state index contributed by atoms with van der Waals surface area (Å²) >= 11 is 0.964. The van der Waals surface area contributed by atoms with Crippen LogP contribution in [0.4, 0.5) is 25.5 Å². The molecule has 258 valence electrons. The Balaban J connectivity index is 0.00000171. The second-order valence-corrected chi connectivity index (χ2v) is 14.9. The largest absolute Gasteiger partial charge is 0.392 e. The number of ether oxygens (including phenoxy) is 1. The number of aliphatic hydroxyl groups is 1. The Hall–Kier alpha value is -3.74. The number of aromatic nitrogens is 3. The van der Waals surface area contributed by atoms with Crippen molar-refractivity contribution in [3.63, 3.8) is 0 Å². The van der Waals surface area contributed by atoms with Gasteiger partial charge in [0.05, 0.1) is 46.9 Å². The Bertz CT molecular complexity index is 1990. The van der Waals surface area contributed by atoms with Crippen molar-refractivity contribution in [1.29, 1.82) is 5.26 Å². The van der Waals surface area contributed by atoms with E-state index in [-0.39, 0.29) is 74.8 Å². The number of likely N-dealkylation sites (tertiary alicyclic amines) is 2. The van der Waals surface area contributed by atoms with Gasteiger partial charge >= 0.3 is 0 Å². The number of β-amino-alcohol motifs (C(OH)–C–C–N with tert-alkyl or cyclic N) is 1. The van der Waals surface area contributed by atoms with E-state index >= 15 is 8.78 Å². The number of hydrogen-bond donors (Lipinski definition) is 2. The molecule has 0 aliphatic carbocycles. The van der Waals surface area contributed by atoms with Crippen molar-refractivity contribution < 1.29 is 18.6 Å². The highest BCUT2D eigenvalue weighted by atomic mass is 32.1. The molecule has 5 aliphatic rings. The smallest absolute Gasteiger partial charge is 0.228 e. The number of likely N-dealkylation sites (N-methyl/N-ethyl adjacent to an activating group) is 1. The minimum absolute atomic E-state index is 0.0902. The van der Waals surface area contributed by atoms with Crippen LogP contribution in [0.2, 0.25) is 0 Å². The fraction of sp³-hybridized carbons (Fsp3) is 0.543. The number of anilines is 3. The number of fused-ring (bicyclic) bond motifs is 8. The molecule has 11 nitrogen and oxygen atoms in total. The first kappa shape index (κ1) is 32.5. The first-order chi connectivity index (χ1) is 23.7. The van der Waals surface area contributed by atoms with Gasteiger partial charge < -0.3 is 30.3 Å². The highest BCUT2D eigenvalue weighted by molar-refractivity contribution is 7.23. The predicted molar refractivity (Wildman–Crippen MR) is 187 cm³/mol. The summed E-state index contributed by atoms with van der Waals surface area (Å²) in [5.41, 5.74) is 8.19. The Labute approximate surface area is 287 Å². The number of piperazine rings is 2. The number of aliphatic hydroxyl groups excluding tert-OH is 1. The molecule has 3 aromatic heterocycles. The molecule has 5 atom stereocenters. The van der Waals surface area contributed by atoms with Crippen LogP contribution in [-0.4, -0.2) is 99.9 Å². The molecule has 3 N–H and O–H groups in total. The highest BCUT2D eigenvalue weighted by Gasteiger charge is 2.47. The van der Waals surface area contributed by atoms with Gasteiger partial charge in [-0.2, -0.15) is 10.2 Å². The lowest BCUT2D eigenvalue weighted by Crippen LogP contribution is -2.68. The highest BCUT2D eigenvalue weighted by Crippen LogP contribution is 2.49. The van der Waals surface area contributed by atoms with Gasteiger partial charge in [-0.3, -0.25) is 9.88 Å². The number of nitrogens with two attached hydrogens (primary N) is 1. The zero-order valence-electron chi connectivity index (χ0n) is 28.2. The SMILES string of the molecule is CC.CC(O)CN1CC2CCC(C1)N2c1nc(N2C3CC2CN(C)C3)nc2c(F)c(-c3ncc(F)c4sc(N)c(C#N)c34)c3c(c12)COC3. The molecule has 0 radical (unpaired) electrons. The van der Waals surface area contributed by atoms with E-state index in [1.807, 2.05) is 20.8 Å². The molecule has 14 heteroatoms. The molecule has 0 spiro atoms. The van der Waals surface area contributed by atoms with Gasteiger partial charge in [0.1, 0.15) is 22.4 Å². The van der Waals surface area contributed by atoms with E-state index in [0.29, 0.717) is 23.4 Å². The number of pyridine rings is 1. The summed E-state index contributed by atoms with van der Waals surface area (Å²) in [6.07, 6.45) is 3.66. The van der Waals surface area contributed by atoms with Crippen LogP contribution in [0.5, 0.6) is 0 Å². The Morgan fingerprint density at radius 3 is 2.41 bits per heavy atom. The van der Waals surface area contributed by atoms with Crippen LogP contribution < -0.4 is 15.5 Å². The molecule has 5 unspecified atom stereocenters. The van der Waals surface area contributed by atoms with E-state index in [0.717, 1.165) is 74.4 Å². The third kappa shape index (κ3) is 4.96. The molecule has 1 aromatic carbocycles. The number of nitrogens with zero attached hydrogens (tertiary/aromatic N) is 8. The maximum Gasteiger partial charge on any atom is 0.228 e. The molecule has 0 saturated carbocycles. The van der Waals surface area contributed by atoms with Gasteiger partial charge in [-0.05, 0) is 44.4 Å². The summed E-state index contributed by atoms with van der Waals surface area (Å²) in [6.45, 7) is 10.2. The molecule has 49 heavy (non-hydrogen) atoms. The van der Waals surface area contributed by atoms with Gasteiger partial charge in [0.15, 0.2) is 11.6 Å². The molecule has 4 saturated heterocycles. The lowest BCUT2D eigenvalue weighted by molar-refractivity contribution is 0.111. The number of benzene rings is 1. The van der Waals surface area contributed by atoms with Crippen molar-refractivity contribution >= 4 is 49.1 Å². The van der Waals surface area contributed by atoms with Crippen LogP contribution in [0.1, 0.15) is 56.7 Å². The molecule has 9 rings (SSSR count). The van der Waals surface area contributed by atoms with Gasteiger partial charge in [-0.15, -0.1) is 11.3 Å². The number of hydrogen-bond acceptors (Lipinski definition) is 12. The zero-order valence-corrected chi connectivity index (χ0v) is 29.0. The standard InChI is InChI=1S/C33H35F2N9O2S.C2H6/c1-15(45)8-42-11-16-3-4-17(12-42)43(16)32-26-22-14-46-13-21(22)24(28-25-20(6-36)31(37)47-30(25)23(34)7-38-28)27(35)29(26)39-33(40-32)44-18-5-19(44)10-41(2)9-18;1-2/h7,15-19,45H,3-5,8-14,37H2,1-2H3;1-2H3. The van der Waals surface area contributed by atoms with E-state index in [9.17, 15) is 10.4 Å². The van der Waals surface area contributed by atoms with Gasteiger partial charge in [-0.1, -0.05) is 13.8 Å². The Morgan fingerprint density at radius 2 is 1.73 bits per heavy atom. The molecule has 4 aromatic rings. The van der Waals surface area contributed by atoms with Gasteiger partial charge in [0, 0.05) is 67.8 Å². The van der Waals surface area contributed by atoms with Crippen molar-refractivity contribution in [1.82, 2.24) is 24.8 Å². The fourth-order valence-corrected chi connectivity index (χ4v) is 9.86. The summed E-state index contributed by atoms with van der Waals surface area (Å²) in [4.78, 5) is 24.0. The average molecular weight is 690 g/mol. The number of nitrogen functional groups attached to an aromatic ring is 1. The van der Waals surface area contributed by atoms with Crippen LogP contribution in [0.3, 0.4) is 0 Å². The summed E-state index contributed by atoms with van der Waals surface area (Å²) in [6, 6.07) is 2.90. The monoisotopic (exact) mass is 689 g/mol. The summed E-state index contributed by atoms with van der Waals surface area (Å²) in [5, 5.41) is 21.1. The Morgan fingerprint density at radius 1 is 1.04 bits per heavy atom. The predicted octanol–water partition coefficient (Wildman–Crippen LogP) is 4.62. The van der Waals surface area contributed by atoms with Crippen molar-refractivity contribution in [3.8, 4) is 17.3 Å². The number of nitriles is 1. The van der Waals surface area contributed by atoms with E-state index < -0.39 is 17.7 Å². The van der Waals surface area contributed by atoms with Gasteiger partial charge in [-0.25, -0.2) is 13.8 Å². The van der Waals surface area contributed by atoms with Crippen molar-refractivity contribution in [2.24, 2.45) is 0 Å². The van der Waals surface area contributed by atoms with Gasteiger partial charge in [0.2, 0.25) is 5.95 Å². The van der Waals surface area contributed by atoms with Crippen LogP contribution in [0, 0.1) is 23.0 Å². The molecular weight excluding hydrogens is 649 g/mol. The summed E-state index contributed by atoms with van der Waals surface area (Å²) in [5.74, 6) is 0.0639. The van der Waals surface area contributed by atoms with E-state index in [2.05, 4.69) is 37.7 Å². The fourth-order valence-electron chi connectivity index (χ4n) is 8.94. The van der Waals surface area contributed by atoms with Crippen LogP contribution in [0.25, 0.3) is 32.2 Å². The minimum atomic E-state index is -0.609. The second-order valence-electron chi connectivity index (χ2n) is 13.9. The summed E-state index contributed by atoms with van der Waals surface area (Å²) < 4.78 is 38.7. The first-order valence-corrected chi connectivity index (χ1v) is 18.1. The van der Waals surface area contributed by atoms with Crippen LogP contribution in [0.15, 0.2) is 6.20 Å². The third-order valence-electron chi connectivity index (χ3n) is 10.7. The average Bonchev–Trinajstić information content (AvgIpc) is 3.76. The van der Waals surface area contributed by atoms with Crippen molar-refractivity contribution in [3.05, 3.63) is 34.5 Å². The molecule has 5 aliphatic heterocycles. The summed E-state index contributed by atoms with van der Waals surface area (Å²) in [7, 11) is 2.12. The molecule has 4 fully saturated rings. The number of piperidine rings is 1. The molecular formula is C35H41F2N9O2S. The quantitative estimate of drug-likeness (QED) is 0.305. The van der Waals surface area contributed by atoms with Gasteiger partial charge in [0.25, 0.3) is 0 Å². The maximum absolute atomic E-state index is 17.5. The Kier molecular flexibility index (Phi) is 8.11. The van der Waals surface area contributed by atoms with Crippen molar-refractivity contribution in [2.75, 3.05) is 55.3 Å². The minimum Gasteiger partial charge on any atom is -0.392 e. The first-order valence-electron chi connectivity index (χ1n) is 17.3. The zero-order chi connectivity index (χ0) is 34.3.